The van der Waals surface area contributed by atoms with Gasteiger partial charge in [0.2, 0.25) is 0 Å². The fourth-order valence-electron chi connectivity index (χ4n) is 4.63. The number of halogens is 3. The van der Waals surface area contributed by atoms with E-state index in [2.05, 4.69) is 20.9 Å². The molecule has 0 bridgehead atoms. The lowest BCUT2D eigenvalue weighted by atomic mass is 9.54. The number of ether oxygens (including phenoxy) is 1. The Morgan fingerprint density at radius 1 is 1.21 bits per heavy atom. The third-order valence-corrected chi connectivity index (χ3v) is 6.03. The van der Waals surface area contributed by atoms with Gasteiger partial charge in [-0.3, -0.25) is 4.98 Å². The second-order valence-electron chi connectivity index (χ2n) is 7.98. The van der Waals surface area contributed by atoms with Crippen molar-refractivity contribution in [2.45, 2.75) is 31.9 Å². The quantitative estimate of drug-likeness (QED) is 0.725. The Morgan fingerprint density at radius 2 is 2.00 bits per heavy atom. The van der Waals surface area contributed by atoms with Gasteiger partial charge in [-0.15, -0.1) is 0 Å². The molecule has 0 radical (unpaired) electrons. The smallest absolute Gasteiger partial charge is 0.381 e. The van der Waals surface area contributed by atoms with Crippen molar-refractivity contribution in [1.29, 1.82) is 0 Å². The molecule has 0 amide bonds. The first kappa shape index (κ1) is 19.2. The van der Waals surface area contributed by atoms with E-state index >= 15 is 0 Å². The summed E-state index contributed by atoms with van der Waals surface area (Å²) in [5, 5.41) is 0. The van der Waals surface area contributed by atoms with Gasteiger partial charge < -0.3 is 9.64 Å². The van der Waals surface area contributed by atoms with Crippen LogP contribution in [-0.2, 0) is 10.9 Å². The van der Waals surface area contributed by atoms with Crippen LogP contribution in [0.2, 0.25) is 0 Å². The lowest BCUT2D eigenvalue weighted by Crippen LogP contribution is -2.63. The maximum atomic E-state index is 12.7. The molecule has 4 nitrogen and oxygen atoms in total. The minimum atomic E-state index is -4.39. The van der Waals surface area contributed by atoms with E-state index in [4.69, 9.17) is 4.74 Å². The van der Waals surface area contributed by atoms with Crippen LogP contribution in [0.25, 0.3) is 0 Å². The highest BCUT2D eigenvalue weighted by molar-refractivity contribution is 5.49. The van der Waals surface area contributed by atoms with Crippen LogP contribution in [0.3, 0.4) is 0 Å². The Hall–Kier alpha value is -2.15. The van der Waals surface area contributed by atoms with Crippen LogP contribution in [-0.4, -0.2) is 36.3 Å². The summed E-state index contributed by atoms with van der Waals surface area (Å²) in [6, 6.07) is 6.66. The van der Waals surface area contributed by atoms with Gasteiger partial charge in [-0.2, -0.15) is 13.2 Å². The second-order valence-corrected chi connectivity index (χ2v) is 7.98. The van der Waals surface area contributed by atoms with E-state index in [1.165, 1.54) is 17.8 Å². The number of hydrogen-bond donors (Lipinski definition) is 0. The number of anilines is 1. The van der Waals surface area contributed by atoms with Gasteiger partial charge in [-0.25, -0.2) is 4.98 Å². The Bertz CT molecular complexity index is 781. The molecule has 2 aliphatic rings. The molecule has 3 heterocycles. The molecule has 0 N–H and O–H groups in total. The van der Waals surface area contributed by atoms with Crippen molar-refractivity contribution < 1.29 is 17.9 Å². The summed E-state index contributed by atoms with van der Waals surface area (Å²) in [4.78, 5) is 9.94. The minimum absolute atomic E-state index is 0.278. The first-order chi connectivity index (χ1) is 13.4. The molecule has 150 valence electrons. The first-order valence-corrected chi connectivity index (χ1v) is 9.66. The molecule has 1 unspecified atom stereocenters. The highest BCUT2D eigenvalue weighted by Crippen LogP contribution is 2.56. The summed E-state index contributed by atoms with van der Waals surface area (Å²) in [7, 11) is 0. The van der Waals surface area contributed by atoms with Crippen molar-refractivity contribution >= 4 is 5.69 Å². The van der Waals surface area contributed by atoms with E-state index < -0.39 is 11.9 Å². The van der Waals surface area contributed by atoms with Crippen molar-refractivity contribution in [3.05, 3.63) is 54.1 Å². The van der Waals surface area contributed by atoms with Gasteiger partial charge in [-0.1, -0.05) is 6.07 Å². The topological polar surface area (TPSA) is 38.2 Å². The minimum Gasteiger partial charge on any atom is -0.381 e. The predicted octanol–water partition coefficient (Wildman–Crippen LogP) is 4.53. The summed E-state index contributed by atoms with van der Waals surface area (Å²) < 4.78 is 43.7. The number of aromatic nitrogens is 2. The van der Waals surface area contributed by atoms with Crippen molar-refractivity contribution in [2.24, 2.45) is 11.3 Å². The summed E-state index contributed by atoms with van der Waals surface area (Å²) in [5.41, 5.74) is 1.42. The molecule has 1 saturated carbocycles. The molecule has 4 rings (SSSR count). The van der Waals surface area contributed by atoms with Gasteiger partial charge in [0, 0.05) is 43.4 Å². The molecule has 1 aliphatic heterocycles. The highest BCUT2D eigenvalue weighted by atomic mass is 19.4. The molecule has 7 heteroatoms. The fraction of sp³-hybridized carbons (Fsp3) is 0.524. The zero-order valence-electron chi connectivity index (χ0n) is 15.8. The lowest BCUT2D eigenvalue weighted by Gasteiger charge is -2.61. The van der Waals surface area contributed by atoms with E-state index in [0.717, 1.165) is 37.7 Å². The summed E-state index contributed by atoms with van der Waals surface area (Å²) in [5.74, 6) is 0.907. The van der Waals surface area contributed by atoms with Crippen LogP contribution in [0.1, 0.15) is 36.9 Å². The highest BCUT2D eigenvalue weighted by Gasteiger charge is 2.54. The Kier molecular flexibility index (Phi) is 5.04. The number of rotatable bonds is 6. The van der Waals surface area contributed by atoms with Crippen LogP contribution < -0.4 is 4.90 Å². The molecule has 2 fully saturated rings. The van der Waals surface area contributed by atoms with E-state index in [-0.39, 0.29) is 5.41 Å². The standard InChI is InChI=1S/C21H24F3N3O/c1-2-28-12-18(15-4-3-7-25-10-15)16-8-20(9-16)13-27(14-20)17-5-6-19(26-11-17)21(22,23)24/h3-7,10-11,16,18H,2,8-9,12-14H2,1H3. The van der Waals surface area contributed by atoms with Gasteiger partial charge >= 0.3 is 6.18 Å². The molecule has 1 atom stereocenters. The zero-order valence-corrected chi connectivity index (χ0v) is 15.8. The van der Waals surface area contributed by atoms with Crippen molar-refractivity contribution in [3.8, 4) is 0 Å². The molecule has 1 saturated heterocycles. The molecule has 0 aromatic carbocycles. The Balaban J connectivity index is 1.35. The zero-order chi connectivity index (χ0) is 19.8. The Labute approximate surface area is 162 Å². The molecular weight excluding hydrogens is 367 g/mol. The third kappa shape index (κ3) is 3.72. The first-order valence-electron chi connectivity index (χ1n) is 9.66. The maximum Gasteiger partial charge on any atom is 0.433 e. The van der Waals surface area contributed by atoms with Crippen molar-refractivity contribution in [3.63, 3.8) is 0 Å². The number of hydrogen-bond acceptors (Lipinski definition) is 4. The summed E-state index contributed by atoms with van der Waals surface area (Å²) >= 11 is 0. The fourth-order valence-corrected chi connectivity index (χ4v) is 4.63. The molecule has 1 aliphatic carbocycles. The van der Waals surface area contributed by atoms with E-state index in [9.17, 15) is 13.2 Å². The second kappa shape index (κ2) is 7.35. The normalized spacial score (nSPS) is 19.9. The SMILES string of the molecule is CCOCC(c1cccnc1)C1CC2(C1)CN(c1ccc(C(F)(F)F)nc1)C2. The van der Waals surface area contributed by atoms with Gasteiger partial charge in [0.05, 0.1) is 18.5 Å². The van der Waals surface area contributed by atoms with Gasteiger partial charge in [0.25, 0.3) is 0 Å². The predicted molar refractivity (Wildman–Crippen MR) is 100 cm³/mol. The van der Waals surface area contributed by atoms with E-state index in [1.54, 1.807) is 6.20 Å². The third-order valence-electron chi connectivity index (χ3n) is 6.03. The van der Waals surface area contributed by atoms with Crippen LogP contribution in [0.15, 0.2) is 42.9 Å². The van der Waals surface area contributed by atoms with Crippen LogP contribution in [0.5, 0.6) is 0 Å². The largest absolute Gasteiger partial charge is 0.433 e. The van der Waals surface area contributed by atoms with Gasteiger partial charge in [0.15, 0.2) is 0 Å². The molecular formula is C21H24F3N3O. The Morgan fingerprint density at radius 3 is 2.57 bits per heavy atom. The monoisotopic (exact) mass is 391 g/mol. The van der Waals surface area contributed by atoms with Crippen LogP contribution in [0, 0.1) is 11.3 Å². The number of pyridine rings is 2. The lowest BCUT2D eigenvalue weighted by molar-refractivity contribution is -0.141. The van der Waals surface area contributed by atoms with Crippen LogP contribution in [0.4, 0.5) is 18.9 Å². The van der Waals surface area contributed by atoms with Gasteiger partial charge in [-0.05, 0) is 49.4 Å². The summed E-state index contributed by atoms with van der Waals surface area (Å²) in [6.07, 6.45) is 2.88. The average Bonchev–Trinajstić information content (AvgIpc) is 2.62. The van der Waals surface area contributed by atoms with Crippen LogP contribution >= 0.6 is 0 Å². The van der Waals surface area contributed by atoms with Crippen molar-refractivity contribution in [2.75, 3.05) is 31.2 Å². The van der Waals surface area contributed by atoms with E-state index in [0.29, 0.717) is 25.0 Å². The van der Waals surface area contributed by atoms with Crippen molar-refractivity contribution in [1.82, 2.24) is 9.97 Å². The number of alkyl halides is 3. The number of nitrogens with zero attached hydrogens (tertiary/aromatic N) is 3. The molecule has 2 aromatic heterocycles. The molecule has 28 heavy (non-hydrogen) atoms. The maximum absolute atomic E-state index is 12.7. The molecule has 1 spiro atoms. The van der Waals surface area contributed by atoms with Gasteiger partial charge in [0.1, 0.15) is 5.69 Å². The average molecular weight is 391 g/mol. The van der Waals surface area contributed by atoms with E-state index in [1.807, 2.05) is 19.2 Å². The molecule has 2 aromatic rings. The summed E-state index contributed by atoms with van der Waals surface area (Å²) in [6.45, 7) is 5.17.